The maximum atomic E-state index is 9.40. The molecule has 0 fully saturated rings. The Bertz CT molecular complexity index is 292. The van der Waals surface area contributed by atoms with E-state index in [4.69, 9.17) is 0 Å². The van der Waals surface area contributed by atoms with Crippen LogP contribution in [0.5, 0.6) is 5.75 Å². The number of phenols is 1. The Kier molecular flexibility index (Phi) is 4.38. The first kappa shape index (κ1) is 11.6. The van der Waals surface area contributed by atoms with Crippen LogP contribution in [0.15, 0.2) is 24.8 Å². The number of aromatic hydroxyl groups is 1. The maximum absolute atomic E-state index is 9.40. The summed E-state index contributed by atoms with van der Waals surface area (Å²) >= 11 is 0. The summed E-state index contributed by atoms with van der Waals surface area (Å²) in [5.74, 6) is 0.317. The second kappa shape index (κ2) is 4.55. The van der Waals surface area contributed by atoms with E-state index >= 15 is 0 Å². The van der Waals surface area contributed by atoms with Crippen molar-refractivity contribution in [3.8, 4) is 5.75 Å². The van der Waals surface area contributed by atoms with Crippen molar-refractivity contribution in [3.05, 3.63) is 35.9 Å². The number of aryl methyl sites for hydroxylation is 1. The summed E-state index contributed by atoms with van der Waals surface area (Å²) in [6.45, 7) is 7.58. The summed E-state index contributed by atoms with van der Waals surface area (Å²) in [6, 6.07) is 5.58. The molecule has 62 valence electrons. The zero-order chi connectivity index (χ0) is 8.43. The normalized spacial score (nSPS) is 8.83. The minimum atomic E-state index is 0. The SMILES string of the molecule is C=C(C)c1ccc(C)cc1O.[Sn]. The molecule has 1 N–H and O–H groups in total. The first-order chi connectivity index (χ1) is 5.11. The smallest absolute Gasteiger partial charge is 0.123 e. The molecule has 0 saturated carbocycles. The second-order valence-corrected chi connectivity index (χ2v) is 2.80. The van der Waals surface area contributed by atoms with E-state index < -0.39 is 0 Å². The molecule has 2 heteroatoms. The van der Waals surface area contributed by atoms with Crippen LogP contribution in [0, 0.1) is 6.92 Å². The average Bonchev–Trinajstić information content (AvgIpc) is 1.85. The Morgan fingerprint density at radius 1 is 1.42 bits per heavy atom. The van der Waals surface area contributed by atoms with Gasteiger partial charge in [-0.25, -0.2) is 0 Å². The Hall–Kier alpha value is -0.441. The first-order valence-corrected chi connectivity index (χ1v) is 3.57. The molecule has 0 aliphatic heterocycles. The molecule has 0 amide bonds. The Morgan fingerprint density at radius 3 is 2.42 bits per heavy atom. The number of hydrogen-bond donors (Lipinski definition) is 1. The summed E-state index contributed by atoms with van der Waals surface area (Å²) in [6.07, 6.45) is 0. The van der Waals surface area contributed by atoms with Crippen molar-refractivity contribution < 1.29 is 5.11 Å². The van der Waals surface area contributed by atoms with Crippen molar-refractivity contribution in [1.29, 1.82) is 0 Å². The monoisotopic (exact) mass is 268 g/mol. The fraction of sp³-hybridized carbons (Fsp3) is 0.200. The number of hydrogen-bond acceptors (Lipinski definition) is 1. The van der Waals surface area contributed by atoms with Crippen LogP contribution in [0.3, 0.4) is 0 Å². The van der Waals surface area contributed by atoms with E-state index in [0.29, 0.717) is 5.75 Å². The summed E-state index contributed by atoms with van der Waals surface area (Å²) in [5.41, 5.74) is 2.78. The van der Waals surface area contributed by atoms with Gasteiger partial charge in [0.1, 0.15) is 5.75 Å². The minimum Gasteiger partial charge on any atom is -0.507 e. The largest absolute Gasteiger partial charge is 0.507 e. The Balaban J connectivity index is 0.00000121. The van der Waals surface area contributed by atoms with Gasteiger partial charge in [0.05, 0.1) is 0 Å². The summed E-state index contributed by atoms with van der Waals surface area (Å²) in [5, 5.41) is 9.40. The van der Waals surface area contributed by atoms with E-state index in [2.05, 4.69) is 6.58 Å². The standard InChI is InChI=1S/C10H12O.Sn/c1-7(2)9-5-4-8(3)6-10(9)11;/h4-6,11H,1H2,2-3H3;. The third-order valence-corrected chi connectivity index (χ3v) is 1.61. The minimum absolute atomic E-state index is 0. The van der Waals surface area contributed by atoms with Gasteiger partial charge in [-0.1, -0.05) is 18.7 Å². The van der Waals surface area contributed by atoms with E-state index in [1.165, 1.54) is 0 Å². The van der Waals surface area contributed by atoms with Gasteiger partial charge in [-0.05, 0) is 31.1 Å². The molecule has 0 heterocycles. The van der Waals surface area contributed by atoms with Crippen LogP contribution in [-0.2, 0) is 0 Å². The van der Waals surface area contributed by atoms with Gasteiger partial charge < -0.3 is 5.11 Å². The van der Waals surface area contributed by atoms with Gasteiger partial charge in [0.2, 0.25) is 0 Å². The Labute approximate surface area is 90.1 Å². The van der Waals surface area contributed by atoms with Gasteiger partial charge in [0, 0.05) is 29.5 Å². The van der Waals surface area contributed by atoms with Crippen molar-refractivity contribution in [2.24, 2.45) is 0 Å². The molecule has 0 spiro atoms. The predicted octanol–water partition coefficient (Wildman–Crippen LogP) is 2.35. The molecule has 12 heavy (non-hydrogen) atoms. The van der Waals surface area contributed by atoms with Crippen LogP contribution in [0.1, 0.15) is 18.1 Å². The number of rotatable bonds is 1. The van der Waals surface area contributed by atoms with Crippen molar-refractivity contribution in [2.45, 2.75) is 13.8 Å². The van der Waals surface area contributed by atoms with E-state index in [9.17, 15) is 5.11 Å². The predicted molar refractivity (Wildman–Crippen MR) is 53.3 cm³/mol. The van der Waals surface area contributed by atoms with Gasteiger partial charge in [-0.15, -0.1) is 0 Å². The topological polar surface area (TPSA) is 20.2 Å². The van der Waals surface area contributed by atoms with E-state index in [1.54, 1.807) is 6.07 Å². The third-order valence-electron chi connectivity index (χ3n) is 1.61. The van der Waals surface area contributed by atoms with Crippen LogP contribution in [0.2, 0.25) is 0 Å². The van der Waals surface area contributed by atoms with Crippen LogP contribution in [-0.4, -0.2) is 29.0 Å². The molecule has 1 rings (SSSR count). The molecule has 0 saturated heterocycles. The molecular formula is C10H12OSn. The molecule has 1 nitrogen and oxygen atoms in total. The summed E-state index contributed by atoms with van der Waals surface area (Å²) < 4.78 is 0. The molecule has 0 unspecified atom stereocenters. The molecule has 0 atom stereocenters. The van der Waals surface area contributed by atoms with Gasteiger partial charge >= 0.3 is 0 Å². The van der Waals surface area contributed by atoms with E-state index in [1.807, 2.05) is 26.0 Å². The fourth-order valence-corrected chi connectivity index (χ4v) is 1.00. The van der Waals surface area contributed by atoms with Crippen LogP contribution in [0.4, 0.5) is 0 Å². The fourth-order valence-electron chi connectivity index (χ4n) is 1.00. The van der Waals surface area contributed by atoms with Crippen molar-refractivity contribution in [1.82, 2.24) is 0 Å². The van der Waals surface area contributed by atoms with Crippen LogP contribution in [0.25, 0.3) is 5.57 Å². The second-order valence-electron chi connectivity index (χ2n) is 2.80. The number of allylic oxidation sites excluding steroid dienone is 1. The summed E-state index contributed by atoms with van der Waals surface area (Å²) in [7, 11) is 0. The molecule has 0 aliphatic carbocycles. The number of benzene rings is 1. The van der Waals surface area contributed by atoms with Gasteiger partial charge in [0.25, 0.3) is 0 Å². The molecule has 0 aromatic heterocycles. The molecule has 0 aliphatic rings. The van der Waals surface area contributed by atoms with Crippen molar-refractivity contribution in [3.63, 3.8) is 0 Å². The maximum Gasteiger partial charge on any atom is 0.123 e. The number of phenolic OH excluding ortho intramolecular Hbond substituents is 1. The quantitative estimate of drug-likeness (QED) is 0.774. The van der Waals surface area contributed by atoms with Crippen LogP contribution >= 0.6 is 0 Å². The Morgan fingerprint density at radius 2 is 2.00 bits per heavy atom. The summed E-state index contributed by atoms with van der Waals surface area (Å²) in [4.78, 5) is 0. The average molecular weight is 267 g/mol. The zero-order valence-electron chi connectivity index (χ0n) is 7.39. The molecule has 1 aromatic carbocycles. The third kappa shape index (κ3) is 2.55. The first-order valence-electron chi connectivity index (χ1n) is 3.57. The van der Waals surface area contributed by atoms with Gasteiger partial charge in [-0.2, -0.15) is 0 Å². The molecule has 1 aromatic rings. The molecule has 0 bridgehead atoms. The van der Waals surface area contributed by atoms with Gasteiger partial charge in [-0.3, -0.25) is 0 Å². The molecular weight excluding hydrogens is 255 g/mol. The van der Waals surface area contributed by atoms with Gasteiger partial charge in [0.15, 0.2) is 0 Å². The van der Waals surface area contributed by atoms with Crippen molar-refractivity contribution in [2.75, 3.05) is 0 Å². The van der Waals surface area contributed by atoms with E-state index in [-0.39, 0.29) is 23.9 Å². The zero-order valence-corrected chi connectivity index (χ0v) is 10.2. The molecule has 4 radical (unpaired) electrons. The van der Waals surface area contributed by atoms with Crippen molar-refractivity contribution >= 4 is 29.5 Å². The van der Waals surface area contributed by atoms with E-state index in [0.717, 1.165) is 16.7 Å². The van der Waals surface area contributed by atoms with Crippen LogP contribution < -0.4 is 0 Å².